The van der Waals surface area contributed by atoms with Crippen molar-refractivity contribution in [2.75, 3.05) is 38.5 Å². The van der Waals surface area contributed by atoms with Crippen molar-refractivity contribution in [3.8, 4) is 0 Å². The third kappa shape index (κ3) is 4.45. The first-order valence-corrected chi connectivity index (χ1v) is 9.47. The summed E-state index contributed by atoms with van der Waals surface area (Å²) < 4.78 is 5.00. The van der Waals surface area contributed by atoms with E-state index in [1.807, 2.05) is 17.0 Å². The maximum absolute atomic E-state index is 12.4. The summed E-state index contributed by atoms with van der Waals surface area (Å²) in [4.78, 5) is 28.7. The molecule has 1 aliphatic rings. The maximum atomic E-state index is 12.4. The largest absolute Gasteiger partial charge is 0.450 e. The molecule has 0 bridgehead atoms. The first-order valence-electron chi connectivity index (χ1n) is 8.48. The Bertz CT molecular complexity index is 757. The number of carbonyl (C=O) groups is 2. The van der Waals surface area contributed by atoms with Crippen molar-refractivity contribution in [3.63, 3.8) is 0 Å². The lowest BCUT2D eigenvalue weighted by Gasteiger charge is -2.34. The van der Waals surface area contributed by atoms with Crippen LogP contribution in [0.1, 0.15) is 6.92 Å². The van der Waals surface area contributed by atoms with Crippen LogP contribution in [0.5, 0.6) is 0 Å². The minimum Gasteiger partial charge on any atom is -0.450 e. The van der Waals surface area contributed by atoms with Gasteiger partial charge >= 0.3 is 6.09 Å². The molecule has 0 atom stereocenters. The van der Waals surface area contributed by atoms with E-state index in [2.05, 4.69) is 30.3 Å². The van der Waals surface area contributed by atoms with Crippen LogP contribution in [-0.2, 0) is 9.53 Å². The molecule has 1 heterocycles. The van der Waals surface area contributed by atoms with Gasteiger partial charge < -0.3 is 14.5 Å². The van der Waals surface area contributed by atoms with E-state index in [1.54, 1.807) is 23.6 Å². The maximum Gasteiger partial charge on any atom is 0.409 e. The summed E-state index contributed by atoms with van der Waals surface area (Å²) in [7, 11) is 0. The van der Waals surface area contributed by atoms with E-state index in [4.69, 9.17) is 4.74 Å². The number of piperazine rings is 1. The third-order valence-corrected chi connectivity index (χ3v) is 5.22. The average Bonchev–Trinajstić information content (AvgIpc) is 2.66. The van der Waals surface area contributed by atoms with E-state index in [9.17, 15) is 9.59 Å². The molecule has 2 aromatic carbocycles. The highest BCUT2D eigenvalue weighted by atomic mass is 32.2. The molecule has 0 saturated carbocycles. The highest BCUT2D eigenvalue weighted by Crippen LogP contribution is 2.24. The molecule has 5 nitrogen and oxygen atoms in total. The molecule has 132 valence electrons. The van der Waals surface area contributed by atoms with E-state index in [1.165, 1.54) is 10.8 Å². The predicted molar refractivity (Wildman–Crippen MR) is 99.8 cm³/mol. The first kappa shape index (κ1) is 17.6. The second-order valence-corrected chi connectivity index (χ2v) is 6.91. The molecule has 0 unspecified atom stereocenters. The normalized spacial score (nSPS) is 14.6. The highest BCUT2D eigenvalue weighted by molar-refractivity contribution is 8.00. The Morgan fingerprint density at radius 2 is 1.68 bits per heavy atom. The van der Waals surface area contributed by atoms with Crippen LogP contribution >= 0.6 is 11.8 Å². The van der Waals surface area contributed by atoms with Crippen molar-refractivity contribution in [1.29, 1.82) is 0 Å². The van der Waals surface area contributed by atoms with Gasteiger partial charge in [0.25, 0.3) is 0 Å². The van der Waals surface area contributed by atoms with Crippen LogP contribution in [0, 0.1) is 0 Å². The highest BCUT2D eigenvalue weighted by Gasteiger charge is 2.24. The van der Waals surface area contributed by atoms with E-state index in [-0.39, 0.29) is 12.0 Å². The monoisotopic (exact) mass is 358 g/mol. The van der Waals surface area contributed by atoms with Crippen LogP contribution < -0.4 is 0 Å². The predicted octanol–water partition coefficient (Wildman–Crippen LogP) is 3.23. The minimum absolute atomic E-state index is 0.113. The Labute approximate surface area is 151 Å². The van der Waals surface area contributed by atoms with Gasteiger partial charge in [-0.15, -0.1) is 11.8 Å². The van der Waals surface area contributed by atoms with Crippen LogP contribution in [0.25, 0.3) is 10.8 Å². The van der Waals surface area contributed by atoms with Crippen molar-refractivity contribution in [2.24, 2.45) is 0 Å². The second-order valence-electron chi connectivity index (χ2n) is 5.86. The summed E-state index contributed by atoms with van der Waals surface area (Å²) in [6, 6.07) is 14.5. The van der Waals surface area contributed by atoms with Crippen LogP contribution in [-0.4, -0.2) is 60.3 Å². The fourth-order valence-electron chi connectivity index (χ4n) is 2.85. The Balaban J connectivity index is 1.50. The third-order valence-electron chi connectivity index (χ3n) is 4.24. The van der Waals surface area contributed by atoms with Crippen LogP contribution in [0.15, 0.2) is 47.4 Å². The number of benzene rings is 2. The summed E-state index contributed by atoms with van der Waals surface area (Å²) in [6.45, 7) is 4.37. The molecular weight excluding hydrogens is 336 g/mol. The van der Waals surface area contributed by atoms with Crippen molar-refractivity contribution in [2.45, 2.75) is 11.8 Å². The standard InChI is InChI=1S/C19H22N2O3S/c1-2-24-19(23)21-11-9-20(10-12-21)18(22)14-25-17-8-7-15-5-3-4-6-16(15)13-17/h3-8,13H,2,9-12,14H2,1H3. The Morgan fingerprint density at radius 1 is 1.00 bits per heavy atom. The quantitative estimate of drug-likeness (QED) is 0.788. The number of hydrogen-bond donors (Lipinski definition) is 0. The number of ether oxygens (including phenoxy) is 1. The molecule has 3 rings (SSSR count). The molecule has 25 heavy (non-hydrogen) atoms. The molecule has 1 saturated heterocycles. The fraction of sp³-hybridized carbons (Fsp3) is 0.368. The summed E-state index contributed by atoms with van der Waals surface area (Å²) in [5, 5.41) is 2.39. The molecule has 0 N–H and O–H groups in total. The summed E-state index contributed by atoms with van der Waals surface area (Å²) in [5.41, 5.74) is 0. The van der Waals surface area contributed by atoms with Crippen LogP contribution in [0.4, 0.5) is 4.79 Å². The SMILES string of the molecule is CCOC(=O)N1CCN(C(=O)CSc2ccc3ccccc3c2)CC1. The zero-order valence-electron chi connectivity index (χ0n) is 14.3. The van der Waals surface area contributed by atoms with E-state index >= 15 is 0 Å². The van der Waals surface area contributed by atoms with Gasteiger partial charge in [-0.05, 0) is 29.8 Å². The molecule has 0 spiro atoms. The van der Waals surface area contributed by atoms with Gasteiger partial charge in [-0.2, -0.15) is 0 Å². The summed E-state index contributed by atoms with van der Waals surface area (Å²) >= 11 is 1.56. The molecule has 6 heteroatoms. The van der Waals surface area contributed by atoms with Gasteiger partial charge in [-0.3, -0.25) is 4.79 Å². The van der Waals surface area contributed by atoms with E-state index in [0.717, 1.165) is 4.90 Å². The molecule has 1 fully saturated rings. The Kier molecular flexibility index (Phi) is 5.81. The average molecular weight is 358 g/mol. The molecule has 1 aliphatic heterocycles. The second kappa shape index (κ2) is 8.25. The van der Waals surface area contributed by atoms with Crippen molar-refractivity contribution < 1.29 is 14.3 Å². The number of thioether (sulfide) groups is 1. The van der Waals surface area contributed by atoms with Crippen molar-refractivity contribution in [1.82, 2.24) is 9.80 Å². The molecule has 0 radical (unpaired) electrons. The lowest BCUT2D eigenvalue weighted by Crippen LogP contribution is -2.51. The van der Waals surface area contributed by atoms with Gasteiger partial charge in [0.2, 0.25) is 5.91 Å². The minimum atomic E-state index is -0.292. The summed E-state index contributed by atoms with van der Waals surface area (Å²) in [6.07, 6.45) is -0.292. The lowest BCUT2D eigenvalue weighted by atomic mass is 10.1. The number of fused-ring (bicyclic) bond motifs is 1. The Morgan fingerprint density at radius 3 is 2.40 bits per heavy atom. The van der Waals surface area contributed by atoms with Gasteiger partial charge in [0.05, 0.1) is 12.4 Å². The number of hydrogen-bond acceptors (Lipinski definition) is 4. The zero-order chi connectivity index (χ0) is 17.6. The number of rotatable bonds is 4. The Hall–Kier alpha value is -2.21. The van der Waals surface area contributed by atoms with Crippen LogP contribution in [0.2, 0.25) is 0 Å². The van der Waals surface area contributed by atoms with Gasteiger partial charge in [0.1, 0.15) is 0 Å². The van der Waals surface area contributed by atoms with Crippen LogP contribution in [0.3, 0.4) is 0 Å². The zero-order valence-corrected chi connectivity index (χ0v) is 15.1. The lowest BCUT2D eigenvalue weighted by molar-refractivity contribution is -0.129. The molecule has 0 aliphatic carbocycles. The van der Waals surface area contributed by atoms with Gasteiger partial charge in [0.15, 0.2) is 0 Å². The first-order chi connectivity index (χ1) is 12.2. The summed E-state index contributed by atoms with van der Waals surface area (Å²) in [5.74, 6) is 0.527. The van der Waals surface area contributed by atoms with E-state index < -0.39 is 0 Å². The fourth-order valence-corrected chi connectivity index (χ4v) is 3.69. The molecular formula is C19H22N2O3S. The van der Waals surface area contributed by atoms with E-state index in [0.29, 0.717) is 38.5 Å². The smallest absolute Gasteiger partial charge is 0.409 e. The molecule has 0 aromatic heterocycles. The van der Waals surface area contributed by atoms with Gasteiger partial charge in [-0.25, -0.2) is 4.79 Å². The number of carbonyl (C=O) groups excluding carboxylic acids is 2. The molecule has 2 aromatic rings. The number of amides is 2. The van der Waals surface area contributed by atoms with Crippen molar-refractivity contribution >= 4 is 34.5 Å². The van der Waals surface area contributed by atoms with Crippen molar-refractivity contribution in [3.05, 3.63) is 42.5 Å². The van der Waals surface area contributed by atoms with Gasteiger partial charge in [-0.1, -0.05) is 30.3 Å². The number of nitrogens with zero attached hydrogens (tertiary/aromatic N) is 2. The molecule has 2 amide bonds. The topological polar surface area (TPSA) is 49.9 Å². The van der Waals surface area contributed by atoms with Gasteiger partial charge in [0, 0.05) is 31.1 Å².